The number of hydrogen-bond donors (Lipinski definition) is 0. The van der Waals surface area contributed by atoms with Crippen molar-refractivity contribution in [3.8, 4) is 0 Å². The minimum atomic E-state index is -0.701. The van der Waals surface area contributed by atoms with Crippen LogP contribution in [0.3, 0.4) is 0 Å². The zero-order valence-electron chi connectivity index (χ0n) is 13.9. The fourth-order valence-electron chi connectivity index (χ4n) is 3.02. The third-order valence-electron chi connectivity index (χ3n) is 4.41. The number of carbonyl (C=O) groups is 2. The zero-order chi connectivity index (χ0) is 16.9. The van der Waals surface area contributed by atoms with Crippen LogP contribution in [0, 0.1) is 0 Å². The summed E-state index contributed by atoms with van der Waals surface area (Å²) < 4.78 is 16.0. The quantitative estimate of drug-likeness (QED) is 0.742. The van der Waals surface area contributed by atoms with E-state index >= 15 is 0 Å². The molecule has 0 radical (unpaired) electrons. The lowest BCUT2D eigenvalue weighted by atomic mass is 10.2. The van der Waals surface area contributed by atoms with Crippen LogP contribution in [0.15, 0.2) is 24.3 Å². The van der Waals surface area contributed by atoms with Gasteiger partial charge in [0.25, 0.3) is 5.91 Å². The average molecular weight is 333 g/mol. The Morgan fingerprint density at radius 3 is 3.00 bits per heavy atom. The number of benzene rings is 1. The number of carbonyl (C=O) groups excluding carboxylic acids is 2. The van der Waals surface area contributed by atoms with Gasteiger partial charge in [0.2, 0.25) is 0 Å². The predicted octanol–water partition coefficient (Wildman–Crippen LogP) is 1.70. The lowest BCUT2D eigenvalue weighted by Gasteiger charge is -2.19. The molecule has 1 amide bonds. The highest BCUT2D eigenvalue weighted by Gasteiger charge is 2.26. The van der Waals surface area contributed by atoms with E-state index in [2.05, 4.69) is 0 Å². The number of amides is 1. The van der Waals surface area contributed by atoms with E-state index in [0.717, 1.165) is 37.1 Å². The molecule has 2 unspecified atom stereocenters. The predicted molar refractivity (Wildman–Crippen MR) is 87.8 cm³/mol. The fourth-order valence-corrected chi connectivity index (χ4v) is 3.02. The van der Waals surface area contributed by atoms with Gasteiger partial charge in [0.05, 0.1) is 12.7 Å². The lowest BCUT2D eigenvalue weighted by molar-refractivity contribution is -0.160. The van der Waals surface area contributed by atoms with Crippen molar-refractivity contribution in [3.05, 3.63) is 29.8 Å². The standard InChI is InChI=1S/C18H23NO5/c1-13(23-11-15-6-4-10-22-15)18(21)24-12-17(20)19-9-8-14-5-2-3-7-16(14)19/h2-3,5,7,13,15H,4,6,8-12H2,1H3. The smallest absolute Gasteiger partial charge is 0.335 e. The molecule has 0 saturated carbocycles. The number of hydrogen-bond acceptors (Lipinski definition) is 5. The van der Waals surface area contributed by atoms with Gasteiger partial charge in [-0.15, -0.1) is 0 Å². The van der Waals surface area contributed by atoms with E-state index in [1.807, 2.05) is 24.3 Å². The van der Waals surface area contributed by atoms with Gasteiger partial charge in [0, 0.05) is 18.8 Å². The normalized spacial score (nSPS) is 20.7. The topological polar surface area (TPSA) is 65.1 Å². The Kier molecular flexibility index (Phi) is 5.48. The van der Waals surface area contributed by atoms with Gasteiger partial charge in [-0.1, -0.05) is 18.2 Å². The molecule has 6 heteroatoms. The molecule has 1 saturated heterocycles. The Hall–Kier alpha value is -1.92. The summed E-state index contributed by atoms with van der Waals surface area (Å²) in [5, 5.41) is 0. The third kappa shape index (κ3) is 3.94. The van der Waals surface area contributed by atoms with Crippen molar-refractivity contribution >= 4 is 17.6 Å². The second-order valence-corrected chi connectivity index (χ2v) is 6.14. The molecule has 2 atom stereocenters. The number of ether oxygens (including phenoxy) is 3. The van der Waals surface area contributed by atoms with Crippen LogP contribution >= 0.6 is 0 Å². The number of nitrogens with zero attached hydrogens (tertiary/aromatic N) is 1. The maximum absolute atomic E-state index is 12.3. The molecule has 3 rings (SSSR count). The Morgan fingerprint density at radius 1 is 1.38 bits per heavy atom. The van der Waals surface area contributed by atoms with Crippen LogP contribution in [0.5, 0.6) is 0 Å². The number of esters is 1. The summed E-state index contributed by atoms with van der Waals surface area (Å²) in [4.78, 5) is 25.9. The minimum absolute atomic E-state index is 0.0583. The molecule has 2 heterocycles. The van der Waals surface area contributed by atoms with Crippen LogP contribution in [0.4, 0.5) is 5.69 Å². The van der Waals surface area contributed by atoms with E-state index in [1.165, 1.54) is 0 Å². The molecule has 0 bridgehead atoms. The van der Waals surface area contributed by atoms with Crippen molar-refractivity contribution in [1.29, 1.82) is 0 Å². The summed E-state index contributed by atoms with van der Waals surface area (Å²) >= 11 is 0. The summed E-state index contributed by atoms with van der Waals surface area (Å²) in [5.41, 5.74) is 2.05. The third-order valence-corrected chi connectivity index (χ3v) is 4.41. The molecule has 1 fully saturated rings. The lowest BCUT2D eigenvalue weighted by Crippen LogP contribution is -2.35. The van der Waals surface area contributed by atoms with Gasteiger partial charge in [0.15, 0.2) is 12.7 Å². The molecule has 2 aliphatic heterocycles. The van der Waals surface area contributed by atoms with Crippen molar-refractivity contribution in [2.75, 3.05) is 31.3 Å². The second kappa shape index (κ2) is 7.77. The largest absolute Gasteiger partial charge is 0.454 e. The summed E-state index contributed by atoms with van der Waals surface area (Å²) in [6.07, 6.45) is 2.17. The highest BCUT2D eigenvalue weighted by Crippen LogP contribution is 2.27. The van der Waals surface area contributed by atoms with Crippen LogP contribution in [0.25, 0.3) is 0 Å². The van der Waals surface area contributed by atoms with Gasteiger partial charge >= 0.3 is 5.97 Å². The number of anilines is 1. The maximum atomic E-state index is 12.3. The Bertz CT molecular complexity index is 597. The Balaban J connectivity index is 1.43. The van der Waals surface area contributed by atoms with Crippen molar-refractivity contribution in [1.82, 2.24) is 0 Å². The van der Waals surface area contributed by atoms with Crippen LogP contribution in [-0.4, -0.2) is 50.4 Å². The summed E-state index contributed by atoms with van der Waals surface area (Å²) in [6.45, 7) is 3.12. The van der Waals surface area contributed by atoms with Gasteiger partial charge in [-0.25, -0.2) is 4.79 Å². The van der Waals surface area contributed by atoms with Crippen molar-refractivity contribution in [3.63, 3.8) is 0 Å². The molecule has 0 aliphatic carbocycles. The first-order chi connectivity index (χ1) is 11.6. The molecule has 1 aromatic rings. The molecule has 2 aliphatic rings. The van der Waals surface area contributed by atoms with E-state index in [0.29, 0.717) is 13.2 Å². The molecule has 0 aromatic heterocycles. The zero-order valence-corrected chi connectivity index (χ0v) is 13.9. The molecule has 0 N–H and O–H groups in total. The van der Waals surface area contributed by atoms with Crippen LogP contribution in [0.1, 0.15) is 25.3 Å². The van der Waals surface area contributed by atoms with Crippen LogP contribution in [-0.2, 0) is 30.2 Å². The minimum Gasteiger partial charge on any atom is -0.454 e. The summed E-state index contributed by atoms with van der Waals surface area (Å²) in [7, 11) is 0. The van der Waals surface area contributed by atoms with E-state index in [1.54, 1.807) is 11.8 Å². The van der Waals surface area contributed by atoms with Crippen LogP contribution < -0.4 is 4.90 Å². The number of para-hydroxylation sites is 1. The average Bonchev–Trinajstić information content (AvgIpc) is 3.26. The van der Waals surface area contributed by atoms with E-state index < -0.39 is 12.1 Å². The molecule has 0 spiro atoms. The second-order valence-electron chi connectivity index (χ2n) is 6.14. The van der Waals surface area contributed by atoms with Crippen LogP contribution in [0.2, 0.25) is 0 Å². The van der Waals surface area contributed by atoms with Gasteiger partial charge in [0.1, 0.15) is 0 Å². The maximum Gasteiger partial charge on any atom is 0.335 e. The van der Waals surface area contributed by atoms with Gasteiger partial charge in [-0.3, -0.25) is 4.79 Å². The van der Waals surface area contributed by atoms with Crippen molar-refractivity contribution < 1.29 is 23.8 Å². The first-order valence-electron chi connectivity index (χ1n) is 8.43. The van der Waals surface area contributed by atoms with Crippen molar-refractivity contribution in [2.45, 2.75) is 38.4 Å². The van der Waals surface area contributed by atoms with Gasteiger partial charge in [-0.2, -0.15) is 0 Å². The monoisotopic (exact) mass is 333 g/mol. The highest BCUT2D eigenvalue weighted by molar-refractivity contribution is 5.97. The molecular weight excluding hydrogens is 310 g/mol. The van der Waals surface area contributed by atoms with Gasteiger partial charge < -0.3 is 19.1 Å². The fraction of sp³-hybridized carbons (Fsp3) is 0.556. The Morgan fingerprint density at radius 2 is 2.21 bits per heavy atom. The summed E-state index contributed by atoms with van der Waals surface area (Å²) in [5.74, 6) is -0.728. The molecular formula is C18H23NO5. The summed E-state index contributed by atoms with van der Waals surface area (Å²) in [6, 6.07) is 7.78. The molecule has 24 heavy (non-hydrogen) atoms. The first-order valence-corrected chi connectivity index (χ1v) is 8.43. The Labute approximate surface area is 141 Å². The molecule has 6 nitrogen and oxygen atoms in total. The molecule has 130 valence electrons. The SMILES string of the molecule is CC(OCC1CCCO1)C(=O)OCC(=O)N1CCc2ccccc21. The van der Waals surface area contributed by atoms with E-state index in [4.69, 9.17) is 14.2 Å². The molecule has 1 aromatic carbocycles. The first kappa shape index (κ1) is 16.9. The van der Waals surface area contributed by atoms with Gasteiger partial charge in [-0.05, 0) is 37.8 Å². The van der Waals surface area contributed by atoms with Crippen molar-refractivity contribution in [2.24, 2.45) is 0 Å². The number of rotatable bonds is 6. The van der Waals surface area contributed by atoms with E-state index in [9.17, 15) is 9.59 Å². The van der Waals surface area contributed by atoms with E-state index in [-0.39, 0.29) is 18.6 Å². The highest BCUT2D eigenvalue weighted by atomic mass is 16.6. The number of fused-ring (bicyclic) bond motifs is 1.